The summed E-state index contributed by atoms with van der Waals surface area (Å²) in [5.74, 6) is 1.53. The molecular formula is C24H29N3O2S. The maximum Gasteiger partial charge on any atom is 0.225 e. The molecule has 6 heteroatoms. The third-order valence-electron chi connectivity index (χ3n) is 5.98. The standard InChI is InChI=1S/C24H29N3O2S/c1-29-18-7-8-21-19(15-18)20(16-25-21)17-9-12-27(13-10-17)14-11-24(28)26-22-5-3-4-6-23(22)30-2/h3-8,15-17,25H,9-14H2,1-2H3,(H,26,28). The highest BCUT2D eigenvalue weighted by molar-refractivity contribution is 7.98. The van der Waals surface area contributed by atoms with E-state index in [4.69, 9.17) is 4.74 Å². The van der Waals surface area contributed by atoms with Crippen molar-refractivity contribution in [3.63, 3.8) is 0 Å². The number of H-pyrrole nitrogens is 1. The van der Waals surface area contributed by atoms with Crippen molar-refractivity contribution in [1.82, 2.24) is 9.88 Å². The van der Waals surface area contributed by atoms with Crippen LogP contribution < -0.4 is 10.1 Å². The first kappa shape index (κ1) is 20.8. The Balaban J connectivity index is 1.29. The summed E-state index contributed by atoms with van der Waals surface area (Å²) in [5.41, 5.74) is 3.45. The number of thioether (sulfide) groups is 1. The van der Waals surface area contributed by atoms with Gasteiger partial charge in [-0.1, -0.05) is 12.1 Å². The molecule has 0 aliphatic carbocycles. The van der Waals surface area contributed by atoms with E-state index in [0.717, 1.165) is 54.3 Å². The summed E-state index contributed by atoms with van der Waals surface area (Å²) in [6, 6.07) is 14.2. The summed E-state index contributed by atoms with van der Waals surface area (Å²) in [6.07, 6.45) is 6.93. The highest BCUT2D eigenvalue weighted by atomic mass is 32.2. The number of anilines is 1. The minimum atomic E-state index is 0.0855. The minimum absolute atomic E-state index is 0.0855. The second kappa shape index (κ2) is 9.58. The summed E-state index contributed by atoms with van der Waals surface area (Å²) >= 11 is 1.65. The average Bonchev–Trinajstić information content (AvgIpc) is 3.21. The number of piperidine rings is 1. The number of carbonyl (C=O) groups excluding carboxylic acids is 1. The molecule has 1 aromatic heterocycles. The van der Waals surface area contributed by atoms with Gasteiger partial charge in [0, 0.05) is 35.0 Å². The fourth-order valence-electron chi connectivity index (χ4n) is 4.27. The molecule has 0 saturated carbocycles. The minimum Gasteiger partial charge on any atom is -0.497 e. The number of amides is 1. The molecule has 0 spiro atoms. The second-order valence-electron chi connectivity index (χ2n) is 7.77. The predicted molar refractivity (Wildman–Crippen MR) is 125 cm³/mol. The Bertz CT molecular complexity index is 1010. The lowest BCUT2D eigenvalue weighted by atomic mass is 9.89. The van der Waals surface area contributed by atoms with E-state index >= 15 is 0 Å². The first-order chi connectivity index (χ1) is 14.7. The number of hydrogen-bond acceptors (Lipinski definition) is 4. The number of ether oxygens (including phenoxy) is 1. The van der Waals surface area contributed by atoms with Gasteiger partial charge < -0.3 is 19.9 Å². The third-order valence-corrected chi connectivity index (χ3v) is 6.78. The molecule has 4 rings (SSSR count). The van der Waals surface area contributed by atoms with Gasteiger partial charge in [-0.3, -0.25) is 4.79 Å². The number of carbonyl (C=O) groups is 1. The van der Waals surface area contributed by atoms with E-state index in [0.29, 0.717) is 12.3 Å². The van der Waals surface area contributed by atoms with Crippen molar-refractivity contribution >= 4 is 34.3 Å². The first-order valence-electron chi connectivity index (χ1n) is 10.5. The first-order valence-corrected chi connectivity index (χ1v) is 11.7. The summed E-state index contributed by atoms with van der Waals surface area (Å²) in [7, 11) is 1.71. The molecule has 1 aliphatic rings. The molecule has 3 aromatic rings. The van der Waals surface area contributed by atoms with E-state index in [1.807, 2.05) is 36.6 Å². The van der Waals surface area contributed by atoms with Gasteiger partial charge in [-0.15, -0.1) is 11.8 Å². The molecule has 1 aliphatic heterocycles. The van der Waals surface area contributed by atoms with Crippen LogP contribution >= 0.6 is 11.8 Å². The van der Waals surface area contributed by atoms with Crippen molar-refractivity contribution in [2.24, 2.45) is 0 Å². The Morgan fingerprint density at radius 1 is 1.23 bits per heavy atom. The molecule has 0 atom stereocenters. The normalized spacial score (nSPS) is 15.4. The van der Waals surface area contributed by atoms with Crippen LogP contribution in [0.15, 0.2) is 53.6 Å². The Labute approximate surface area is 182 Å². The van der Waals surface area contributed by atoms with Gasteiger partial charge >= 0.3 is 0 Å². The van der Waals surface area contributed by atoms with E-state index in [1.165, 1.54) is 10.9 Å². The largest absolute Gasteiger partial charge is 0.497 e. The van der Waals surface area contributed by atoms with Crippen LogP contribution in [-0.2, 0) is 4.79 Å². The number of aromatic amines is 1. The van der Waals surface area contributed by atoms with Gasteiger partial charge in [0.2, 0.25) is 5.91 Å². The highest BCUT2D eigenvalue weighted by Gasteiger charge is 2.23. The number of para-hydroxylation sites is 1. The molecule has 158 valence electrons. The Hall–Kier alpha value is -2.44. The molecule has 1 saturated heterocycles. The van der Waals surface area contributed by atoms with Gasteiger partial charge in [-0.2, -0.15) is 0 Å². The summed E-state index contributed by atoms with van der Waals surface area (Å²) in [6.45, 7) is 2.85. The van der Waals surface area contributed by atoms with Gasteiger partial charge in [0.1, 0.15) is 5.75 Å². The van der Waals surface area contributed by atoms with E-state index in [9.17, 15) is 4.79 Å². The smallest absolute Gasteiger partial charge is 0.225 e. The van der Waals surface area contributed by atoms with Crippen molar-refractivity contribution in [2.75, 3.05) is 38.3 Å². The predicted octanol–water partition coefficient (Wildman–Crippen LogP) is 5.11. The van der Waals surface area contributed by atoms with Crippen molar-refractivity contribution in [1.29, 1.82) is 0 Å². The van der Waals surface area contributed by atoms with E-state index in [-0.39, 0.29) is 5.91 Å². The van der Waals surface area contributed by atoms with Crippen molar-refractivity contribution < 1.29 is 9.53 Å². The lowest BCUT2D eigenvalue weighted by molar-refractivity contribution is -0.116. The zero-order chi connectivity index (χ0) is 20.9. The quantitative estimate of drug-likeness (QED) is 0.519. The van der Waals surface area contributed by atoms with Crippen LogP contribution in [0.5, 0.6) is 5.75 Å². The molecule has 2 heterocycles. The van der Waals surface area contributed by atoms with E-state index in [1.54, 1.807) is 18.9 Å². The van der Waals surface area contributed by atoms with Crippen LogP contribution in [0, 0.1) is 0 Å². The van der Waals surface area contributed by atoms with Gasteiger partial charge in [-0.05, 0) is 74.0 Å². The molecule has 0 radical (unpaired) electrons. The molecular weight excluding hydrogens is 394 g/mol. The molecule has 0 bridgehead atoms. The Kier molecular flexibility index (Phi) is 6.65. The fourth-order valence-corrected chi connectivity index (χ4v) is 4.83. The average molecular weight is 424 g/mol. The summed E-state index contributed by atoms with van der Waals surface area (Å²) in [5, 5.41) is 4.32. The number of nitrogens with one attached hydrogen (secondary N) is 2. The van der Waals surface area contributed by atoms with Gasteiger partial charge in [0.05, 0.1) is 12.8 Å². The Morgan fingerprint density at radius 2 is 2.03 bits per heavy atom. The van der Waals surface area contributed by atoms with Crippen LogP contribution in [0.4, 0.5) is 5.69 Å². The van der Waals surface area contributed by atoms with Crippen molar-refractivity contribution in [2.45, 2.75) is 30.1 Å². The van der Waals surface area contributed by atoms with Crippen LogP contribution in [0.1, 0.15) is 30.7 Å². The third kappa shape index (κ3) is 4.65. The summed E-state index contributed by atoms with van der Waals surface area (Å²) in [4.78, 5) is 19.3. The Morgan fingerprint density at radius 3 is 2.80 bits per heavy atom. The zero-order valence-electron chi connectivity index (χ0n) is 17.6. The lowest BCUT2D eigenvalue weighted by Crippen LogP contribution is -2.35. The SMILES string of the molecule is COc1ccc2[nH]cc(C3CCN(CCC(=O)Nc4ccccc4SC)CC3)c2c1. The number of hydrogen-bond donors (Lipinski definition) is 2. The fraction of sp³-hybridized carbons (Fsp3) is 0.375. The van der Waals surface area contributed by atoms with Gasteiger partial charge in [-0.25, -0.2) is 0 Å². The van der Waals surface area contributed by atoms with Crippen LogP contribution in [0.25, 0.3) is 10.9 Å². The van der Waals surface area contributed by atoms with Gasteiger partial charge in [0.15, 0.2) is 0 Å². The molecule has 1 fully saturated rings. The number of aromatic nitrogens is 1. The molecule has 0 unspecified atom stereocenters. The van der Waals surface area contributed by atoms with Crippen molar-refractivity contribution in [3.8, 4) is 5.75 Å². The number of likely N-dealkylation sites (tertiary alicyclic amines) is 1. The number of benzene rings is 2. The molecule has 2 N–H and O–H groups in total. The summed E-state index contributed by atoms with van der Waals surface area (Å²) < 4.78 is 5.40. The monoisotopic (exact) mass is 423 g/mol. The molecule has 2 aromatic carbocycles. The second-order valence-corrected chi connectivity index (χ2v) is 8.62. The molecule has 5 nitrogen and oxygen atoms in total. The number of rotatable bonds is 7. The number of fused-ring (bicyclic) bond motifs is 1. The number of methoxy groups -OCH3 is 1. The van der Waals surface area contributed by atoms with Crippen molar-refractivity contribution in [3.05, 3.63) is 54.2 Å². The van der Waals surface area contributed by atoms with Crippen LogP contribution in [0.3, 0.4) is 0 Å². The number of nitrogens with zero attached hydrogens (tertiary/aromatic N) is 1. The zero-order valence-corrected chi connectivity index (χ0v) is 18.4. The topological polar surface area (TPSA) is 57.4 Å². The molecule has 1 amide bonds. The van der Waals surface area contributed by atoms with Crippen LogP contribution in [0.2, 0.25) is 0 Å². The van der Waals surface area contributed by atoms with E-state index in [2.05, 4.69) is 33.5 Å². The molecule has 30 heavy (non-hydrogen) atoms. The maximum atomic E-state index is 12.4. The van der Waals surface area contributed by atoms with E-state index < -0.39 is 0 Å². The van der Waals surface area contributed by atoms with Crippen LogP contribution in [-0.4, -0.2) is 48.8 Å². The lowest BCUT2D eigenvalue weighted by Gasteiger charge is -2.31. The maximum absolute atomic E-state index is 12.4. The van der Waals surface area contributed by atoms with Gasteiger partial charge in [0.25, 0.3) is 0 Å². The highest BCUT2D eigenvalue weighted by Crippen LogP contribution is 2.34.